The lowest BCUT2D eigenvalue weighted by molar-refractivity contribution is 0.0942. The zero-order chi connectivity index (χ0) is 14.5. The molecule has 20 heavy (non-hydrogen) atoms. The number of thiocarbonyl (C=S) groups is 1. The fraction of sp³-hybridized carbons (Fsp3) is 0.0714. The van der Waals surface area contributed by atoms with E-state index in [1.165, 1.54) is 0 Å². The van der Waals surface area contributed by atoms with Crippen LogP contribution in [0.5, 0.6) is 0 Å². The minimum atomic E-state index is -0.510. The van der Waals surface area contributed by atoms with Crippen LogP contribution < -0.4 is 11.1 Å². The number of nitrogens with zero attached hydrogens (tertiary/aromatic N) is 1. The van der Waals surface area contributed by atoms with Gasteiger partial charge in [0.25, 0.3) is 5.91 Å². The van der Waals surface area contributed by atoms with Crippen LogP contribution in [0.3, 0.4) is 0 Å². The molecule has 3 N–H and O–H groups in total. The SMILES string of the molecule is NC(=S)C(NC(=O)c1ccc(Br)cn1)c1ccccc1. The Morgan fingerprint density at radius 3 is 2.50 bits per heavy atom. The van der Waals surface area contributed by atoms with Crippen molar-refractivity contribution in [1.29, 1.82) is 0 Å². The maximum absolute atomic E-state index is 12.1. The van der Waals surface area contributed by atoms with Crippen LogP contribution in [0, 0.1) is 0 Å². The molecule has 1 atom stereocenters. The number of halogens is 1. The fourth-order valence-corrected chi connectivity index (χ4v) is 2.11. The van der Waals surface area contributed by atoms with Gasteiger partial charge in [0, 0.05) is 10.7 Å². The summed E-state index contributed by atoms with van der Waals surface area (Å²) in [7, 11) is 0. The molecule has 0 bridgehead atoms. The van der Waals surface area contributed by atoms with Crippen molar-refractivity contribution in [3.63, 3.8) is 0 Å². The molecule has 1 aromatic carbocycles. The highest BCUT2D eigenvalue weighted by atomic mass is 79.9. The van der Waals surface area contributed by atoms with Crippen molar-refractivity contribution in [2.45, 2.75) is 6.04 Å². The van der Waals surface area contributed by atoms with Gasteiger partial charge in [0.1, 0.15) is 16.7 Å². The van der Waals surface area contributed by atoms with Gasteiger partial charge in [0.2, 0.25) is 0 Å². The average Bonchev–Trinajstić information content (AvgIpc) is 2.46. The molecule has 0 aliphatic rings. The second-order valence-electron chi connectivity index (χ2n) is 4.08. The molecule has 0 aliphatic carbocycles. The summed E-state index contributed by atoms with van der Waals surface area (Å²) in [5.41, 5.74) is 6.86. The number of nitrogens with one attached hydrogen (secondary N) is 1. The zero-order valence-corrected chi connectivity index (χ0v) is 12.8. The first kappa shape index (κ1) is 14.6. The van der Waals surface area contributed by atoms with E-state index in [0.29, 0.717) is 5.69 Å². The van der Waals surface area contributed by atoms with Gasteiger partial charge in [-0.2, -0.15) is 0 Å². The summed E-state index contributed by atoms with van der Waals surface area (Å²) in [6, 6.07) is 12.2. The Morgan fingerprint density at radius 1 is 1.25 bits per heavy atom. The highest BCUT2D eigenvalue weighted by molar-refractivity contribution is 9.10. The smallest absolute Gasteiger partial charge is 0.270 e. The van der Waals surface area contributed by atoms with Crippen molar-refractivity contribution in [2.75, 3.05) is 0 Å². The van der Waals surface area contributed by atoms with Crippen molar-refractivity contribution in [3.05, 3.63) is 64.4 Å². The summed E-state index contributed by atoms with van der Waals surface area (Å²) in [6.45, 7) is 0. The Hall–Kier alpha value is -1.79. The van der Waals surface area contributed by atoms with Gasteiger partial charge in [-0.25, -0.2) is 4.98 Å². The maximum atomic E-state index is 12.1. The van der Waals surface area contributed by atoms with Crippen LogP contribution in [0.25, 0.3) is 0 Å². The molecule has 1 aromatic heterocycles. The lowest BCUT2D eigenvalue weighted by Gasteiger charge is -2.17. The predicted molar refractivity (Wildman–Crippen MR) is 85.4 cm³/mol. The number of aromatic nitrogens is 1. The molecule has 0 aliphatic heterocycles. The Kier molecular flexibility index (Phi) is 4.81. The molecule has 102 valence electrons. The molecular formula is C14H12BrN3OS. The van der Waals surface area contributed by atoms with Crippen LogP contribution in [0.1, 0.15) is 22.1 Å². The van der Waals surface area contributed by atoms with Crippen molar-refractivity contribution < 1.29 is 4.79 Å². The summed E-state index contributed by atoms with van der Waals surface area (Å²) in [5, 5.41) is 2.79. The number of amides is 1. The highest BCUT2D eigenvalue weighted by Crippen LogP contribution is 2.14. The van der Waals surface area contributed by atoms with E-state index < -0.39 is 6.04 Å². The van der Waals surface area contributed by atoms with E-state index in [-0.39, 0.29) is 10.9 Å². The van der Waals surface area contributed by atoms with E-state index in [9.17, 15) is 4.79 Å². The van der Waals surface area contributed by atoms with E-state index in [0.717, 1.165) is 10.0 Å². The summed E-state index contributed by atoms with van der Waals surface area (Å²) in [5.74, 6) is -0.320. The van der Waals surface area contributed by atoms with Crippen molar-refractivity contribution in [2.24, 2.45) is 5.73 Å². The summed E-state index contributed by atoms with van der Waals surface area (Å²) in [4.78, 5) is 16.4. The Labute approximate surface area is 130 Å². The second kappa shape index (κ2) is 6.58. The molecular weight excluding hydrogens is 338 g/mol. The third-order valence-corrected chi connectivity index (χ3v) is 3.36. The molecule has 2 aromatic rings. The molecule has 0 spiro atoms. The minimum absolute atomic E-state index is 0.210. The lowest BCUT2D eigenvalue weighted by atomic mass is 10.1. The fourth-order valence-electron chi connectivity index (χ4n) is 1.68. The minimum Gasteiger partial charge on any atom is -0.391 e. The molecule has 0 radical (unpaired) electrons. The molecule has 0 saturated heterocycles. The van der Waals surface area contributed by atoms with Gasteiger partial charge in [0.15, 0.2) is 0 Å². The molecule has 4 nitrogen and oxygen atoms in total. The standard InChI is InChI=1S/C14H12BrN3OS/c15-10-6-7-11(17-8-10)14(19)18-12(13(16)20)9-4-2-1-3-5-9/h1-8,12H,(H2,16,20)(H,18,19). The number of carbonyl (C=O) groups excluding carboxylic acids is 1. The molecule has 6 heteroatoms. The van der Waals surface area contributed by atoms with Gasteiger partial charge < -0.3 is 11.1 Å². The number of benzene rings is 1. The van der Waals surface area contributed by atoms with Crippen LogP contribution in [0.2, 0.25) is 0 Å². The van der Waals surface area contributed by atoms with E-state index >= 15 is 0 Å². The second-order valence-corrected chi connectivity index (χ2v) is 5.47. The van der Waals surface area contributed by atoms with Crippen LogP contribution in [-0.4, -0.2) is 15.9 Å². The Morgan fingerprint density at radius 2 is 1.95 bits per heavy atom. The number of pyridine rings is 1. The first-order valence-electron chi connectivity index (χ1n) is 5.84. The number of hydrogen-bond acceptors (Lipinski definition) is 3. The van der Waals surface area contributed by atoms with Crippen molar-refractivity contribution >= 4 is 39.0 Å². The molecule has 0 fully saturated rings. The molecule has 1 unspecified atom stereocenters. The van der Waals surface area contributed by atoms with Crippen LogP contribution in [0.15, 0.2) is 53.1 Å². The lowest BCUT2D eigenvalue weighted by Crippen LogP contribution is -2.36. The molecule has 2 rings (SSSR count). The number of hydrogen-bond donors (Lipinski definition) is 2. The summed E-state index contributed by atoms with van der Waals surface area (Å²) >= 11 is 8.29. The first-order valence-corrected chi connectivity index (χ1v) is 7.05. The quantitative estimate of drug-likeness (QED) is 0.832. The van der Waals surface area contributed by atoms with E-state index in [2.05, 4.69) is 26.2 Å². The largest absolute Gasteiger partial charge is 0.391 e. The van der Waals surface area contributed by atoms with Gasteiger partial charge in [-0.1, -0.05) is 42.5 Å². The summed E-state index contributed by atoms with van der Waals surface area (Å²) in [6.07, 6.45) is 1.56. The van der Waals surface area contributed by atoms with Gasteiger partial charge in [0.05, 0.1) is 0 Å². The van der Waals surface area contributed by atoms with Gasteiger partial charge in [-0.3, -0.25) is 4.79 Å². The average molecular weight is 350 g/mol. The third kappa shape index (κ3) is 3.61. The molecule has 0 saturated carbocycles. The van der Waals surface area contributed by atoms with Gasteiger partial charge >= 0.3 is 0 Å². The zero-order valence-electron chi connectivity index (χ0n) is 10.4. The predicted octanol–water partition coefficient (Wildman–Crippen LogP) is 2.60. The van der Waals surface area contributed by atoms with Gasteiger partial charge in [-0.05, 0) is 33.6 Å². The Bertz CT molecular complexity index is 616. The van der Waals surface area contributed by atoms with Crippen LogP contribution in [0.4, 0.5) is 0 Å². The first-order chi connectivity index (χ1) is 9.58. The van der Waals surface area contributed by atoms with Gasteiger partial charge in [-0.15, -0.1) is 0 Å². The number of carbonyl (C=O) groups is 1. The summed E-state index contributed by atoms with van der Waals surface area (Å²) < 4.78 is 0.808. The van der Waals surface area contributed by atoms with E-state index in [4.69, 9.17) is 18.0 Å². The van der Waals surface area contributed by atoms with E-state index in [1.54, 1.807) is 18.3 Å². The van der Waals surface area contributed by atoms with E-state index in [1.807, 2.05) is 30.3 Å². The number of rotatable bonds is 4. The third-order valence-electron chi connectivity index (χ3n) is 2.65. The monoisotopic (exact) mass is 349 g/mol. The van der Waals surface area contributed by atoms with Crippen LogP contribution >= 0.6 is 28.1 Å². The highest BCUT2D eigenvalue weighted by Gasteiger charge is 2.18. The Balaban J connectivity index is 2.19. The van der Waals surface area contributed by atoms with Crippen molar-refractivity contribution in [3.8, 4) is 0 Å². The van der Waals surface area contributed by atoms with Crippen molar-refractivity contribution in [1.82, 2.24) is 10.3 Å². The topological polar surface area (TPSA) is 68.0 Å². The van der Waals surface area contributed by atoms with Crippen LogP contribution in [-0.2, 0) is 0 Å². The molecule has 1 heterocycles. The molecule has 1 amide bonds. The maximum Gasteiger partial charge on any atom is 0.270 e. The normalized spacial score (nSPS) is 11.7. The number of nitrogens with two attached hydrogens (primary N) is 1.